The largest absolute Gasteiger partial charge is 0.493 e. The number of benzene rings is 3. The summed E-state index contributed by atoms with van der Waals surface area (Å²) < 4.78 is 22.4. The highest BCUT2D eigenvalue weighted by Gasteiger charge is 2.35. The summed E-state index contributed by atoms with van der Waals surface area (Å²) >= 11 is 0. The molecule has 1 N–H and O–H groups in total. The van der Waals surface area contributed by atoms with E-state index in [1.165, 1.54) is 21.3 Å². The summed E-state index contributed by atoms with van der Waals surface area (Å²) in [6.07, 6.45) is 1.77. The number of rotatable bonds is 9. The zero-order valence-electron chi connectivity index (χ0n) is 21.1. The molecule has 8 nitrogen and oxygen atoms in total. The minimum atomic E-state index is -0.927. The number of carbonyl (C=O) groups is 2. The summed E-state index contributed by atoms with van der Waals surface area (Å²) in [6, 6.07) is 14.4. The Balaban J connectivity index is 1.81. The van der Waals surface area contributed by atoms with Crippen molar-refractivity contribution in [2.75, 3.05) is 34.5 Å². The van der Waals surface area contributed by atoms with Crippen LogP contribution in [0.25, 0.3) is 10.8 Å². The molecule has 0 radical (unpaired) electrons. The number of hydrogen-bond acceptors (Lipinski definition) is 6. The van der Waals surface area contributed by atoms with Crippen LogP contribution < -0.4 is 24.3 Å². The van der Waals surface area contributed by atoms with Crippen molar-refractivity contribution >= 4 is 22.6 Å². The molecule has 0 saturated heterocycles. The molecule has 36 heavy (non-hydrogen) atoms. The van der Waals surface area contributed by atoms with Crippen LogP contribution in [0, 0.1) is 0 Å². The van der Waals surface area contributed by atoms with Gasteiger partial charge in [-0.25, -0.2) is 0 Å². The van der Waals surface area contributed by atoms with Gasteiger partial charge in [-0.15, -0.1) is 0 Å². The number of ether oxygens (including phenoxy) is 4. The van der Waals surface area contributed by atoms with Crippen LogP contribution in [0.15, 0.2) is 48.5 Å². The van der Waals surface area contributed by atoms with Gasteiger partial charge < -0.3 is 29.2 Å². The molecular formula is C28H32N2O6. The number of carbonyl (C=O) groups excluding carboxylic acids is 2. The van der Waals surface area contributed by atoms with E-state index < -0.39 is 6.04 Å². The number of amides is 2. The Labute approximate surface area is 211 Å². The van der Waals surface area contributed by atoms with Gasteiger partial charge in [-0.3, -0.25) is 9.59 Å². The van der Waals surface area contributed by atoms with Crippen molar-refractivity contribution in [3.63, 3.8) is 0 Å². The predicted molar refractivity (Wildman–Crippen MR) is 137 cm³/mol. The quantitative estimate of drug-likeness (QED) is 0.450. The second-order valence-electron chi connectivity index (χ2n) is 8.62. The van der Waals surface area contributed by atoms with Gasteiger partial charge in [-0.1, -0.05) is 37.6 Å². The van der Waals surface area contributed by atoms with Crippen LogP contribution in [0.4, 0.5) is 0 Å². The normalized spacial score (nSPS) is 13.9. The molecule has 8 heteroatoms. The molecule has 3 aromatic carbocycles. The first-order chi connectivity index (χ1) is 17.5. The molecule has 0 bridgehead atoms. The Morgan fingerprint density at radius 3 is 2.31 bits per heavy atom. The lowest BCUT2D eigenvalue weighted by molar-refractivity contribution is -0.142. The second-order valence-corrected chi connectivity index (χ2v) is 8.62. The van der Waals surface area contributed by atoms with Crippen molar-refractivity contribution in [2.24, 2.45) is 0 Å². The van der Waals surface area contributed by atoms with Gasteiger partial charge in [-0.05, 0) is 47.0 Å². The van der Waals surface area contributed by atoms with E-state index in [2.05, 4.69) is 12.2 Å². The Morgan fingerprint density at radius 2 is 1.69 bits per heavy atom. The van der Waals surface area contributed by atoms with E-state index in [1.54, 1.807) is 17.0 Å². The van der Waals surface area contributed by atoms with Gasteiger partial charge in [0.15, 0.2) is 18.1 Å². The monoisotopic (exact) mass is 492 g/mol. The lowest BCUT2D eigenvalue weighted by atomic mass is 10.0. The fraction of sp³-hybridized carbons (Fsp3) is 0.357. The standard InChI is InChI=1S/C28H32N2O6/c1-5-6-11-29-28(32)26(20-14-23(33-2)27(35-4)24(15-20)34-3)30-16-21-12-18-9-7-8-10-19(18)13-22(21)36-17-25(30)31/h7-10,12-15,26H,5-6,11,16-17H2,1-4H3,(H,29,32). The van der Waals surface area contributed by atoms with Crippen molar-refractivity contribution in [3.8, 4) is 23.0 Å². The molecule has 0 spiro atoms. The summed E-state index contributed by atoms with van der Waals surface area (Å²) in [7, 11) is 4.55. The number of hydrogen-bond donors (Lipinski definition) is 1. The molecule has 3 aromatic rings. The Hall–Kier alpha value is -3.94. The SMILES string of the molecule is CCCCNC(=O)C(c1cc(OC)c(OC)c(OC)c1)N1Cc2cc3ccccc3cc2OCC1=O. The molecule has 1 unspecified atom stereocenters. The minimum Gasteiger partial charge on any atom is -0.493 e. The molecule has 1 aliphatic rings. The average Bonchev–Trinajstić information content (AvgIpc) is 3.05. The number of unbranched alkanes of at least 4 members (excludes halogenated alkanes) is 1. The van der Waals surface area contributed by atoms with Crippen molar-refractivity contribution in [3.05, 3.63) is 59.7 Å². The van der Waals surface area contributed by atoms with Gasteiger partial charge in [0, 0.05) is 12.1 Å². The van der Waals surface area contributed by atoms with Gasteiger partial charge in [-0.2, -0.15) is 0 Å². The summed E-state index contributed by atoms with van der Waals surface area (Å²) in [5, 5.41) is 5.05. The summed E-state index contributed by atoms with van der Waals surface area (Å²) in [4.78, 5) is 28.5. The predicted octanol–water partition coefficient (Wildman–Crippen LogP) is 4.24. The lowest BCUT2D eigenvalue weighted by Gasteiger charge is -2.30. The third-order valence-electron chi connectivity index (χ3n) is 6.33. The molecule has 0 aromatic heterocycles. The van der Waals surface area contributed by atoms with E-state index in [1.807, 2.05) is 36.4 Å². The first-order valence-corrected chi connectivity index (χ1v) is 12.0. The van der Waals surface area contributed by atoms with Crippen LogP contribution in [0.5, 0.6) is 23.0 Å². The van der Waals surface area contributed by atoms with Crippen LogP contribution in [0.1, 0.15) is 36.9 Å². The van der Waals surface area contributed by atoms with Gasteiger partial charge >= 0.3 is 0 Å². The smallest absolute Gasteiger partial charge is 0.261 e. The van der Waals surface area contributed by atoms with Gasteiger partial charge in [0.25, 0.3) is 5.91 Å². The molecular weight excluding hydrogens is 460 g/mol. The van der Waals surface area contributed by atoms with E-state index in [9.17, 15) is 9.59 Å². The van der Waals surface area contributed by atoms with Crippen LogP contribution in [-0.4, -0.2) is 51.2 Å². The van der Waals surface area contributed by atoms with E-state index in [-0.39, 0.29) is 25.0 Å². The Kier molecular flexibility index (Phi) is 7.83. The number of nitrogens with one attached hydrogen (secondary N) is 1. The second kappa shape index (κ2) is 11.2. The maximum absolute atomic E-state index is 13.6. The summed E-state index contributed by atoms with van der Waals surface area (Å²) in [6.45, 7) is 2.60. The third-order valence-corrected chi connectivity index (χ3v) is 6.33. The first kappa shape index (κ1) is 25.2. The molecule has 0 aliphatic carbocycles. The van der Waals surface area contributed by atoms with Crippen molar-refractivity contribution in [1.29, 1.82) is 0 Å². The van der Waals surface area contributed by atoms with E-state index in [4.69, 9.17) is 18.9 Å². The van der Waals surface area contributed by atoms with Crippen molar-refractivity contribution in [1.82, 2.24) is 10.2 Å². The Bertz CT molecular complexity index is 1230. The average molecular weight is 493 g/mol. The number of methoxy groups -OCH3 is 3. The van der Waals surface area contributed by atoms with Gasteiger partial charge in [0.05, 0.1) is 27.9 Å². The lowest BCUT2D eigenvalue weighted by Crippen LogP contribution is -2.44. The van der Waals surface area contributed by atoms with Crippen molar-refractivity contribution in [2.45, 2.75) is 32.4 Å². The first-order valence-electron chi connectivity index (χ1n) is 12.0. The van der Waals surface area contributed by atoms with Crippen LogP contribution in [0.2, 0.25) is 0 Å². The Morgan fingerprint density at radius 1 is 1.03 bits per heavy atom. The fourth-order valence-electron chi connectivity index (χ4n) is 4.47. The molecule has 1 atom stereocenters. The highest BCUT2D eigenvalue weighted by Crippen LogP contribution is 2.41. The van der Waals surface area contributed by atoms with E-state index in [0.717, 1.165) is 29.2 Å². The maximum Gasteiger partial charge on any atom is 0.261 e. The zero-order chi connectivity index (χ0) is 25.7. The highest BCUT2D eigenvalue weighted by molar-refractivity contribution is 5.91. The number of nitrogens with zero attached hydrogens (tertiary/aromatic N) is 1. The topological polar surface area (TPSA) is 86.3 Å². The molecule has 0 saturated carbocycles. The third kappa shape index (κ3) is 5.03. The summed E-state index contributed by atoms with van der Waals surface area (Å²) in [5.74, 6) is 1.29. The molecule has 2 amide bonds. The highest BCUT2D eigenvalue weighted by atomic mass is 16.5. The fourth-order valence-corrected chi connectivity index (χ4v) is 4.47. The summed E-state index contributed by atoms with van der Waals surface area (Å²) in [5.41, 5.74) is 1.38. The minimum absolute atomic E-state index is 0.172. The molecule has 0 fully saturated rings. The van der Waals surface area contributed by atoms with Crippen LogP contribution in [0.3, 0.4) is 0 Å². The molecule has 1 aliphatic heterocycles. The van der Waals surface area contributed by atoms with Crippen LogP contribution >= 0.6 is 0 Å². The molecule has 4 rings (SSSR count). The zero-order valence-corrected chi connectivity index (χ0v) is 21.1. The molecule has 190 valence electrons. The molecule has 1 heterocycles. The van der Waals surface area contributed by atoms with E-state index in [0.29, 0.717) is 35.1 Å². The number of fused-ring (bicyclic) bond motifs is 2. The van der Waals surface area contributed by atoms with Crippen LogP contribution in [-0.2, 0) is 16.1 Å². The van der Waals surface area contributed by atoms with Gasteiger partial charge in [0.2, 0.25) is 11.7 Å². The van der Waals surface area contributed by atoms with Gasteiger partial charge in [0.1, 0.15) is 11.8 Å². The maximum atomic E-state index is 13.6. The van der Waals surface area contributed by atoms with Crippen molar-refractivity contribution < 1.29 is 28.5 Å². The van der Waals surface area contributed by atoms with E-state index >= 15 is 0 Å².